The van der Waals surface area contributed by atoms with E-state index in [4.69, 9.17) is 16.7 Å². The van der Waals surface area contributed by atoms with Gasteiger partial charge < -0.3 is 5.11 Å². The van der Waals surface area contributed by atoms with Crippen LogP contribution in [0.3, 0.4) is 0 Å². The third kappa shape index (κ3) is 2.35. The Balaban J connectivity index is 2.62. The average Bonchev–Trinajstić information content (AvgIpc) is 2.64. The normalized spacial score (nSPS) is 10.5. The summed E-state index contributed by atoms with van der Waals surface area (Å²) in [5, 5.41) is 9.11. The molecule has 2 aromatic rings. The van der Waals surface area contributed by atoms with E-state index in [1.807, 2.05) is 32.0 Å². The zero-order valence-electron chi connectivity index (χ0n) is 9.45. The molecule has 1 aromatic heterocycles. The highest BCUT2D eigenvalue weighted by Gasteiger charge is 2.12. The van der Waals surface area contributed by atoms with Crippen LogP contribution in [0.25, 0.3) is 10.4 Å². The molecule has 0 radical (unpaired) electrons. The lowest BCUT2D eigenvalue weighted by Crippen LogP contribution is -2.00. The maximum absolute atomic E-state index is 11.1. The maximum atomic E-state index is 11.1. The van der Waals surface area contributed by atoms with E-state index >= 15 is 0 Å². The molecule has 0 spiro atoms. The van der Waals surface area contributed by atoms with Crippen molar-refractivity contribution < 1.29 is 9.90 Å². The molecule has 0 bridgehead atoms. The number of carboxylic acids is 1. The number of hydrogen-bond donors (Lipinski definition) is 1. The Kier molecular flexibility index (Phi) is 3.22. The van der Waals surface area contributed by atoms with Gasteiger partial charge in [-0.3, -0.25) is 0 Å². The third-order valence-electron chi connectivity index (χ3n) is 2.64. The monoisotopic (exact) mass is 266 g/mol. The molecule has 0 aliphatic heterocycles. The largest absolute Gasteiger partial charge is 0.478 e. The van der Waals surface area contributed by atoms with Crippen LogP contribution in [-0.2, 0) is 0 Å². The van der Waals surface area contributed by atoms with Gasteiger partial charge in [0.2, 0.25) is 0 Å². The minimum absolute atomic E-state index is 0.343. The Labute approximate surface area is 108 Å². The maximum Gasteiger partial charge on any atom is 0.335 e. The van der Waals surface area contributed by atoms with Crippen LogP contribution in [0.2, 0.25) is 4.34 Å². The quantitative estimate of drug-likeness (QED) is 0.876. The van der Waals surface area contributed by atoms with Gasteiger partial charge in [0.05, 0.1) is 9.90 Å². The second-order valence-electron chi connectivity index (χ2n) is 3.89. The molecule has 0 fully saturated rings. The van der Waals surface area contributed by atoms with Crippen LogP contribution >= 0.6 is 22.9 Å². The van der Waals surface area contributed by atoms with Gasteiger partial charge in [-0.1, -0.05) is 17.7 Å². The molecule has 2 nitrogen and oxygen atoms in total. The summed E-state index contributed by atoms with van der Waals surface area (Å²) in [6, 6.07) is 7.35. The minimum Gasteiger partial charge on any atom is -0.478 e. The second-order valence-corrected chi connectivity index (χ2v) is 5.61. The zero-order chi connectivity index (χ0) is 12.6. The second kappa shape index (κ2) is 4.51. The van der Waals surface area contributed by atoms with E-state index in [0.717, 1.165) is 21.6 Å². The first-order chi connectivity index (χ1) is 7.99. The first-order valence-corrected chi connectivity index (χ1v) is 6.28. The molecule has 0 unspecified atom stereocenters. The predicted molar refractivity (Wildman–Crippen MR) is 71.2 cm³/mol. The van der Waals surface area contributed by atoms with Gasteiger partial charge in [-0.2, -0.15) is 0 Å². The van der Waals surface area contributed by atoms with Crippen molar-refractivity contribution in [1.29, 1.82) is 0 Å². The molecular weight excluding hydrogens is 256 g/mol. The summed E-state index contributed by atoms with van der Waals surface area (Å²) in [4.78, 5) is 12.1. The molecule has 88 valence electrons. The lowest BCUT2D eigenvalue weighted by Gasteiger charge is -2.08. The summed E-state index contributed by atoms with van der Waals surface area (Å²) in [5.74, 6) is -0.897. The Hall–Kier alpha value is -1.32. The molecule has 2 rings (SSSR count). The summed E-state index contributed by atoms with van der Waals surface area (Å²) < 4.78 is 0.705. The predicted octanol–water partition coefficient (Wildman–Crippen LogP) is 4.38. The molecule has 1 N–H and O–H groups in total. The highest BCUT2D eigenvalue weighted by Crippen LogP contribution is 2.34. The van der Waals surface area contributed by atoms with Crippen molar-refractivity contribution in [2.24, 2.45) is 0 Å². The third-order valence-corrected chi connectivity index (χ3v) is 3.90. The number of rotatable bonds is 2. The number of thiophene rings is 1. The molecule has 1 aromatic carbocycles. The van der Waals surface area contributed by atoms with Crippen LogP contribution in [0.4, 0.5) is 0 Å². The number of aryl methyl sites for hydroxylation is 2. The standard InChI is InChI=1S/C13H11ClO2S/c1-7-5-8(2)10(13(15)16)6-9(7)11-3-4-12(14)17-11/h3-6H,1-2H3,(H,15,16). The van der Waals surface area contributed by atoms with E-state index in [1.165, 1.54) is 11.3 Å². The number of aromatic carboxylic acids is 1. The van der Waals surface area contributed by atoms with Crippen LogP contribution in [0.1, 0.15) is 21.5 Å². The summed E-state index contributed by atoms with van der Waals surface area (Å²) in [6.45, 7) is 3.78. The van der Waals surface area contributed by atoms with Gasteiger partial charge >= 0.3 is 5.97 Å². The van der Waals surface area contributed by atoms with Crippen LogP contribution in [-0.4, -0.2) is 11.1 Å². The summed E-state index contributed by atoms with van der Waals surface area (Å²) in [7, 11) is 0. The van der Waals surface area contributed by atoms with Crippen molar-refractivity contribution in [1.82, 2.24) is 0 Å². The van der Waals surface area contributed by atoms with E-state index in [1.54, 1.807) is 6.07 Å². The van der Waals surface area contributed by atoms with E-state index in [-0.39, 0.29) is 0 Å². The zero-order valence-corrected chi connectivity index (χ0v) is 11.0. The number of halogens is 1. The SMILES string of the molecule is Cc1cc(C)c(-c2ccc(Cl)s2)cc1C(=O)O. The van der Waals surface area contributed by atoms with Gasteiger partial charge in [0.15, 0.2) is 0 Å². The molecule has 0 saturated carbocycles. The fraction of sp³-hybridized carbons (Fsp3) is 0.154. The number of carboxylic acid groups (broad SMARTS) is 1. The summed E-state index contributed by atoms with van der Waals surface area (Å²) in [5.41, 5.74) is 3.12. The van der Waals surface area contributed by atoms with Crippen LogP contribution in [0.15, 0.2) is 24.3 Å². The lowest BCUT2D eigenvalue weighted by molar-refractivity contribution is 0.0696. The summed E-state index contributed by atoms with van der Waals surface area (Å²) >= 11 is 7.35. The topological polar surface area (TPSA) is 37.3 Å². The van der Waals surface area contributed by atoms with Crippen molar-refractivity contribution in [3.05, 3.63) is 45.3 Å². The van der Waals surface area contributed by atoms with Crippen molar-refractivity contribution >= 4 is 28.9 Å². The fourth-order valence-electron chi connectivity index (χ4n) is 1.81. The minimum atomic E-state index is -0.897. The first kappa shape index (κ1) is 12.1. The Morgan fingerprint density at radius 1 is 1.24 bits per heavy atom. The van der Waals surface area contributed by atoms with E-state index in [0.29, 0.717) is 9.90 Å². The average molecular weight is 267 g/mol. The Morgan fingerprint density at radius 2 is 1.94 bits per heavy atom. The van der Waals surface area contributed by atoms with E-state index in [9.17, 15) is 4.79 Å². The van der Waals surface area contributed by atoms with Crippen molar-refractivity contribution in [2.75, 3.05) is 0 Å². The van der Waals surface area contributed by atoms with Crippen LogP contribution in [0.5, 0.6) is 0 Å². The molecule has 0 saturated heterocycles. The van der Waals surface area contributed by atoms with Crippen LogP contribution < -0.4 is 0 Å². The number of benzene rings is 1. The van der Waals surface area contributed by atoms with E-state index < -0.39 is 5.97 Å². The van der Waals surface area contributed by atoms with Gasteiger partial charge in [-0.05, 0) is 48.7 Å². The smallest absolute Gasteiger partial charge is 0.335 e. The Morgan fingerprint density at radius 3 is 2.47 bits per heavy atom. The van der Waals surface area contributed by atoms with Gasteiger partial charge in [-0.15, -0.1) is 11.3 Å². The van der Waals surface area contributed by atoms with Gasteiger partial charge in [0, 0.05) is 4.88 Å². The number of carbonyl (C=O) groups is 1. The van der Waals surface area contributed by atoms with E-state index in [2.05, 4.69) is 0 Å². The summed E-state index contributed by atoms with van der Waals surface area (Å²) in [6.07, 6.45) is 0. The van der Waals surface area contributed by atoms with Gasteiger partial charge in [0.1, 0.15) is 0 Å². The number of hydrogen-bond acceptors (Lipinski definition) is 2. The highest BCUT2D eigenvalue weighted by molar-refractivity contribution is 7.19. The van der Waals surface area contributed by atoms with Crippen molar-refractivity contribution in [3.63, 3.8) is 0 Å². The van der Waals surface area contributed by atoms with Gasteiger partial charge in [0.25, 0.3) is 0 Å². The van der Waals surface area contributed by atoms with Crippen molar-refractivity contribution in [3.8, 4) is 10.4 Å². The fourth-order valence-corrected chi connectivity index (χ4v) is 2.93. The molecule has 0 atom stereocenters. The molecule has 1 heterocycles. The van der Waals surface area contributed by atoms with Crippen LogP contribution in [0, 0.1) is 13.8 Å². The first-order valence-electron chi connectivity index (χ1n) is 5.09. The Bertz CT molecular complexity index is 587. The lowest BCUT2D eigenvalue weighted by atomic mass is 9.99. The molecule has 17 heavy (non-hydrogen) atoms. The highest BCUT2D eigenvalue weighted by atomic mass is 35.5. The van der Waals surface area contributed by atoms with Crippen molar-refractivity contribution in [2.45, 2.75) is 13.8 Å². The molecule has 0 aliphatic carbocycles. The molecule has 0 amide bonds. The molecular formula is C13H11ClO2S. The van der Waals surface area contributed by atoms with Gasteiger partial charge in [-0.25, -0.2) is 4.79 Å². The molecule has 4 heteroatoms. The molecule has 0 aliphatic rings.